The molecular weight excluding hydrogens is 364 g/mol. The Balaban J connectivity index is 1.29. The topological polar surface area (TPSA) is 62.5 Å². The Morgan fingerprint density at radius 1 is 1.00 bits per heavy atom. The van der Waals surface area contributed by atoms with Gasteiger partial charge in [-0.05, 0) is 18.9 Å². The van der Waals surface area contributed by atoms with E-state index in [1.807, 2.05) is 53.4 Å². The number of aryl methyl sites for hydroxylation is 1. The van der Waals surface area contributed by atoms with Gasteiger partial charge in [-0.2, -0.15) is 4.98 Å². The molecule has 1 saturated heterocycles. The van der Waals surface area contributed by atoms with Crippen LogP contribution >= 0.6 is 0 Å². The van der Waals surface area contributed by atoms with Gasteiger partial charge in [0.1, 0.15) is 0 Å². The highest BCUT2D eigenvalue weighted by Gasteiger charge is 2.27. The molecule has 1 atom stereocenters. The Labute approximate surface area is 171 Å². The fourth-order valence-corrected chi connectivity index (χ4v) is 3.68. The standard InChI is InChI=1S/C23H26N4O2/c1-18(23-24-22(25-29-23)20-10-6-3-7-11-20)26-14-16-27(17-15-26)21(28)13-12-19-8-4-2-5-9-19/h2-11,18H,12-17H2,1H3/t18-/m0/s1. The number of hydrogen-bond donors (Lipinski definition) is 0. The summed E-state index contributed by atoms with van der Waals surface area (Å²) in [5, 5.41) is 4.12. The maximum absolute atomic E-state index is 12.5. The molecule has 1 aliphatic heterocycles. The third-order valence-electron chi connectivity index (χ3n) is 5.52. The van der Waals surface area contributed by atoms with Crippen molar-refractivity contribution in [1.82, 2.24) is 19.9 Å². The lowest BCUT2D eigenvalue weighted by molar-refractivity contribution is -0.133. The zero-order valence-electron chi connectivity index (χ0n) is 16.7. The predicted molar refractivity (Wildman–Crippen MR) is 111 cm³/mol. The van der Waals surface area contributed by atoms with Crippen LogP contribution in [0.1, 0.15) is 30.8 Å². The summed E-state index contributed by atoms with van der Waals surface area (Å²) in [7, 11) is 0. The first-order valence-corrected chi connectivity index (χ1v) is 10.2. The monoisotopic (exact) mass is 390 g/mol. The molecule has 0 N–H and O–H groups in total. The summed E-state index contributed by atoms with van der Waals surface area (Å²) in [6, 6.07) is 20.0. The molecule has 150 valence electrons. The zero-order chi connectivity index (χ0) is 20.1. The normalized spacial score (nSPS) is 16.0. The molecule has 3 aromatic rings. The fourth-order valence-electron chi connectivity index (χ4n) is 3.68. The van der Waals surface area contributed by atoms with Crippen molar-refractivity contribution in [3.05, 3.63) is 72.1 Å². The second-order valence-electron chi connectivity index (χ2n) is 7.40. The van der Waals surface area contributed by atoms with Crippen LogP contribution in [-0.2, 0) is 11.2 Å². The smallest absolute Gasteiger partial charge is 0.244 e. The van der Waals surface area contributed by atoms with E-state index in [0.717, 1.165) is 38.2 Å². The fraction of sp³-hybridized carbons (Fsp3) is 0.348. The van der Waals surface area contributed by atoms with Crippen molar-refractivity contribution in [3.63, 3.8) is 0 Å². The second kappa shape index (κ2) is 9.01. The molecule has 1 aliphatic rings. The highest BCUT2D eigenvalue weighted by Crippen LogP contribution is 2.23. The quantitative estimate of drug-likeness (QED) is 0.644. The van der Waals surface area contributed by atoms with E-state index in [0.29, 0.717) is 18.1 Å². The van der Waals surface area contributed by atoms with Gasteiger partial charge in [-0.3, -0.25) is 9.69 Å². The molecule has 6 nitrogen and oxygen atoms in total. The molecule has 0 bridgehead atoms. The zero-order valence-corrected chi connectivity index (χ0v) is 16.7. The summed E-state index contributed by atoms with van der Waals surface area (Å²) in [6.07, 6.45) is 1.35. The van der Waals surface area contributed by atoms with Crippen molar-refractivity contribution < 1.29 is 9.32 Å². The van der Waals surface area contributed by atoms with Gasteiger partial charge in [0.25, 0.3) is 0 Å². The van der Waals surface area contributed by atoms with Crippen LogP contribution in [0, 0.1) is 0 Å². The number of carbonyl (C=O) groups excluding carboxylic acids is 1. The first-order valence-electron chi connectivity index (χ1n) is 10.2. The number of piperazine rings is 1. The number of amides is 1. The molecule has 2 heterocycles. The minimum atomic E-state index is 0.0292. The average Bonchev–Trinajstić information content (AvgIpc) is 3.29. The Bertz CT molecular complexity index is 918. The van der Waals surface area contributed by atoms with E-state index in [2.05, 4.69) is 34.1 Å². The van der Waals surface area contributed by atoms with Crippen LogP contribution in [0.3, 0.4) is 0 Å². The molecule has 0 radical (unpaired) electrons. The number of hydrogen-bond acceptors (Lipinski definition) is 5. The van der Waals surface area contributed by atoms with Gasteiger partial charge >= 0.3 is 0 Å². The van der Waals surface area contributed by atoms with E-state index < -0.39 is 0 Å². The Hall–Kier alpha value is -2.99. The summed E-state index contributed by atoms with van der Waals surface area (Å²) in [6.45, 7) is 5.16. The van der Waals surface area contributed by atoms with Gasteiger partial charge in [-0.25, -0.2) is 0 Å². The summed E-state index contributed by atoms with van der Waals surface area (Å²) >= 11 is 0. The highest BCUT2D eigenvalue weighted by atomic mass is 16.5. The number of nitrogens with zero attached hydrogens (tertiary/aromatic N) is 4. The van der Waals surface area contributed by atoms with Crippen LogP contribution in [0.25, 0.3) is 11.4 Å². The van der Waals surface area contributed by atoms with Crippen LogP contribution in [-0.4, -0.2) is 52.0 Å². The van der Waals surface area contributed by atoms with Gasteiger partial charge in [0.2, 0.25) is 17.6 Å². The molecule has 29 heavy (non-hydrogen) atoms. The first kappa shape index (κ1) is 19.3. The van der Waals surface area contributed by atoms with Gasteiger partial charge in [-0.15, -0.1) is 0 Å². The van der Waals surface area contributed by atoms with E-state index in [-0.39, 0.29) is 11.9 Å². The number of carbonyl (C=O) groups is 1. The molecular formula is C23H26N4O2. The van der Waals surface area contributed by atoms with Crippen LogP contribution in [0.4, 0.5) is 0 Å². The summed E-state index contributed by atoms with van der Waals surface area (Å²) < 4.78 is 5.51. The minimum Gasteiger partial charge on any atom is -0.340 e. The highest BCUT2D eigenvalue weighted by molar-refractivity contribution is 5.76. The Morgan fingerprint density at radius 3 is 2.34 bits per heavy atom. The van der Waals surface area contributed by atoms with E-state index in [1.165, 1.54) is 5.56 Å². The molecule has 1 fully saturated rings. The second-order valence-corrected chi connectivity index (χ2v) is 7.40. The van der Waals surface area contributed by atoms with Crippen LogP contribution in [0.5, 0.6) is 0 Å². The molecule has 4 rings (SSSR count). The van der Waals surface area contributed by atoms with E-state index in [9.17, 15) is 4.79 Å². The summed E-state index contributed by atoms with van der Waals surface area (Å²) in [4.78, 5) is 21.4. The van der Waals surface area contributed by atoms with Crippen molar-refractivity contribution >= 4 is 5.91 Å². The van der Waals surface area contributed by atoms with Crippen molar-refractivity contribution in [2.24, 2.45) is 0 Å². The van der Waals surface area contributed by atoms with Crippen molar-refractivity contribution in [2.45, 2.75) is 25.8 Å². The lowest BCUT2D eigenvalue weighted by Crippen LogP contribution is -2.49. The molecule has 6 heteroatoms. The molecule has 1 aromatic heterocycles. The molecule has 0 saturated carbocycles. The van der Waals surface area contributed by atoms with E-state index in [4.69, 9.17) is 4.52 Å². The van der Waals surface area contributed by atoms with Crippen molar-refractivity contribution in [3.8, 4) is 11.4 Å². The third-order valence-corrected chi connectivity index (χ3v) is 5.52. The van der Waals surface area contributed by atoms with Gasteiger partial charge in [0.15, 0.2) is 0 Å². The minimum absolute atomic E-state index is 0.0292. The first-order chi connectivity index (χ1) is 14.2. The Kier molecular flexibility index (Phi) is 6.00. The van der Waals surface area contributed by atoms with Gasteiger partial charge < -0.3 is 9.42 Å². The molecule has 1 amide bonds. The molecule has 0 aliphatic carbocycles. The van der Waals surface area contributed by atoms with Gasteiger partial charge in [-0.1, -0.05) is 65.8 Å². The molecule has 2 aromatic carbocycles. The lowest BCUT2D eigenvalue weighted by Gasteiger charge is -2.36. The number of benzene rings is 2. The lowest BCUT2D eigenvalue weighted by atomic mass is 10.1. The van der Waals surface area contributed by atoms with Crippen LogP contribution < -0.4 is 0 Å². The van der Waals surface area contributed by atoms with Crippen LogP contribution in [0.2, 0.25) is 0 Å². The maximum Gasteiger partial charge on any atom is 0.244 e. The third kappa shape index (κ3) is 4.71. The predicted octanol–water partition coefficient (Wildman–Crippen LogP) is 3.57. The number of rotatable bonds is 6. The maximum atomic E-state index is 12.5. The molecule has 0 unspecified atom stereocenters. The van der Waals surface area contributed by atoms with Crippen molar-refractivity contribution in [1.29, 1.82) is 0 Å². The van der Waals surface area contributed by atoms with Gasteiger partial charge in [0, 0.05) is 38.2 Å². The van der Waals surface area contributed by atoms with E-state index >= 15 is 0 Å². The average molecular weight is 390 g/mol. The van der Waals surface area contributed by atoms with E-state index in [1.54, 1.807) is 0 Å². The largest absolute Gasteiger partial charge is 0.340 e. The Morgan fingerprint density at radius 2 is 1.66 bits per heavy atom. The van der Waals surface area contributed by atoms with Crippen molar-refractivity contribution in [2.75, 3.05) is 26.2 Å². The molecule has 0 spiro atoms. The number of aromatic nitrogens is 2. The van der Waals surface area contributed by atoms with Gasteiger partial charge in [0.05, 0.1) is 6.04 Å². The summed E-state index contributed by atoms with van der Waals surface area (Å²) in [5.74, 6) is 1.46. The van der Waals surface area contributed by atoms with Crippen LogP contribution in [0.15, 0.2) is 65.2 Å². The SMILES string of the molecule is C[C@@H](c1nc(-c2ccccc2)no1)N1CCN(C(=O)CCc2ccccc2)CC1. The summed E-state index contributed by atoms with van der Waals surface area (Å²) in [5.41, 5.74) is 2.15.